The molecule has 8 nitrogen and oxygen atoms in total. The third kappa shape index (κ3) is 4.12. The van der Waals surface area contributed by atoms with Gasteiger partial charge < -0.3 is 11.1 Å². The van der Waals surface area contributed by atoms with Gasteiger partial charge in [0.2, 0.25) is 0 Å². The van der Waals surface area contributed by atoms with Crippen LogP contribution in [0.1, 0.15) is 43.4 Å². The van der Waals surface area contributed by atoms with Gasteiger partial charge in [-0.15, -0.1) is 0 Å². The lowest BCUT2D eigenvalue weighted by atomic mass is 9.92. The molecule has 0 aliphatic carbocycles. The molecule has 13 heteroatoms. The van der Waals surface area contributed by atoms with Crippen molar-refractivity contribution in [2.24, 2.45) is 10.7 Å². The number of aliphatic imine (C=N–C) groups is 1. The summed E-state index contributed by atoms with van der Waals surface area (Å²) in [6.45, 7) is 1.59. The molecule has 1 aliphatic rings. The molecule has 0 saturated heterocycles. The predicted octanol–water partition coefficient (Wildman–Crippen LogP) is 4.44. The predicted molar refractivity (Wildman–Crippen MR) is 114 cm³/mol. The molecule has 1 aliphatic heterocycles. The highest BCUT2D eigenvalue weighted by atomic mass is 35.5. The van der Waals surface area contributed by atoms with E-state index in [0.29, 0.717) is 0 Å². The van der Waals surface area contributed by atoms with Crippen LogP contribution in [0.5, 0.6) is 0 Å². The van der Waals surface area contributed by atoms with E-state index in [1.807, 2.05) is 0 Å². The fourth-order valence-corrected chi connectivity index (χ4v) is 5.11. The number of benzene rings is 1. The number of alkyl halides is 2. The first kappa shape index (κ1) is 23.4. The number of halogens is 4. The zero-order valence-corrected chi connectivity index (χ0v) is 18.3. The lowest BCUT2D eigenvalue weighted by Gasteiger charge is -2.53. The first-order valence-corrected chi connectivity index (χ1v) is 11.0. The van der Waals surface area contributed by atoms with Crippen LogP contribution in [0.2, 0.25) is 5.02 Å². The van der Waals surface area contributed by atoms with Gasteiger partial charge in [0.05, 0.1) is 17.0 Å². The van der Waals surface area contributed by atoms with E-state index in [1.165, 1.54) is 32.9 Å². The molecule has 1 atom stereocenters. The molecule has 0 saturated carbocycles. The quantitative estimate of drug-likeness (QED) is 0.516. The molecule has 31 heavy (non-hydrogen) atoms. The standard InChI is InChI=1S/C18H21ClF3N5O3S/c1-17(2)15(23)25-18(3,8-31(17,29)30)10-6-9(4-5-12(10)20)24-14(28)13-11(19)7-27(26-13)16(21)22/h4-7,16,29-30H,8H2,1-3H3,(H2,23,25)(H,24,28)/t18-/m0/s1. The van der Waals surface area contributed by atoms with Crippen molar-refractivity contribution in [3.8, 4) is 0 Å². The van der Waals surface area contributed by atoms with E-state index >= 15 is 0 Å². The third-order valence-electron chi connectivity index (χ3n) is 5.19. The topological polar surface area (TPSA) is 126 Å². The summed E-state index contributed by atoms with van der Waals surface area (Å²) in [6, 6.07) is 3.57. The molecule has 0 fully saturated rings. The summed E-state index contributed by atoms with van der Waals surface area (Å²) in [5.74, 6) is -1.91. The van der Waals surface area contributed by atoms with Gasteiger partial charge in [-0.2, -0.15) is 24.5 Å². The third-order valence-corrected chi connectivity index (χ3v) is 8.28. The molecule has 1 aromatic carbocycles. The molecule has 2 heterocycles. The van der Waals surface area contributed by atoms with Gasteiger partial charge in [-0.05, 0) is 39.0 Å². The van der Waals surface area contributed by atoms with Gasteiger partial charge in [-0.25, -0.2) is 9.07 Å². The number of carbonyl (C=O) groups excluding carboxylic acids is 1. The Balaban J connectivity index is 1.96. The second kappa shape index (κ2) is 7.69. The molecular weight excluding hydrogens is 459 g/mol. The van der Waals surface area contributed by atoms with Crippen molar-refractivity contribution < 1.29 is 27.1 Å². The molecule has 3 rings (SSSR count). The fraction of sp³-hybridized carbons (Fsp3) is 0.389. The summed E-state index contributed by atoms with van der Waals surface area (Å²) < 4.78 is 60.4. The molecule has 0 radical (unpaired) electrons. The monoisotopic (exact) mass is 479 g/mol. The van der Waals surface area contributed by atoms with E-state index in [0.717, 1.165) is 12.3 Å². The van der Waals surface area contributed by atoms with Crippen LogP contribution in [0.3, 0.4) is 0 Å². The van der Waals surface area contributed by atoms with E-state index in [1.54, 1.807) is 0 Å². The molecular formula is C18H21ClF3N5O3S. The maximum atomic E-state index is 14.7. The minimum Gasteiger partial charge on any atom is -0.386 e. The van der Waals surface area contributed by atoms with Crippen molar-refractivity contribution in [2.75, 3.05) is 11.1 Å². The smallest absolute Gasteiger partial charge is 0.333 e. The number of rotatable bonds is 4. The summed E-state index contributed by atoms with van der Waals surface area (Å²) >= 11 is 5.80. The summed E-state index contributed by atoms with van der Waals surface area (Å²) in [7, 11) is -3.28. The number of nitrogens with zero attached hydrogens (tertiary/aromatic N) is 3. The van der Waals surface area contributed by atoms with Gasteiger partial charge in [-0.1, -0.05) is 11.6 Å². The summed E-state index contributed by atoms with van der Waals surface area (Å²) in [5.41, 5.74) is 4.17. The number of anilines is 1. The second-order valence-corrected chi connectivity index (χ2v) is 10.9. The van der Waals surface area contributed by atoms with Crippen molar-refractivity contribution in [1.29, 1.82) is 0 Å². The van der Waals surface area contributed by atoms with E-state index in [2.05, 4.69) is 15.4 Å². The van der Waals surface area contributed by atoms with Crippen LogP contribution < -0.4 is 11.1 Å². The Morgan fingerprint density at radius 1 is 1.35 bits per heavy atom. The van der Waals surface area contributed by atoms with Crippen LogP contribution in [0, 0.1) is 5.82 Å². The maximum absolute atomic E-state index is 14.7. The average molecular weight is 480 g/mol. The van der Waals surface area contributed by atoms with Gasteiger partial charge in [0, 0.05) is 11.3 Å². The molecule has 5 N–H and O–H groups in total. The highest BCUT2D eigenvalue weighted by Crippen LogP contribution is 2.59. The van der Waals surface area contributed by atoms with Crippen LogP contribution in [-0.4, -0.2) is 41.1 Å². The Bertz CT molecular complexity index is 1080. The van der Waals surface area contributed by atoms with Crippen LogP contribution in [0.4, 0.5) is 18.9 Å². The molecule has 170 valence electrons. The number of hydrogen-bond donors (Lipinski definition) is 4. The largest absolute Gasteiger partial charge is 0.386 e. The lowest BCUT2D eigenvalue weighted by molar-refractivity contribution is 0.0561. The number of nitrogens with one attached hydrogen (secondary N) is 1. The number of aromatic nitrogens is 2. The van der Waals surface area contributed by atoms with Gasteiger partial charge >= 0.3 is 6.55 Å². The van der Waals surface area contributed by atoms with E-state index < -0.39 is 44.8 Å². The minimum atomic E-state index is -3.28. The normalized spacial score (nSPS) is 23.4. The Kier molecular flexibility index (Phi) is 5.80. The molecule has 1 aromatic heterocycles. The van der Waals surface area contributed by atoms with Gasteiger partial charge in [-0.3, -0.25) is 18.9 Å². The zero-order chi connectivity index (χ0) is 23.4. The van der Waals surface area contributed by atoms with Crippen LogP contribution in [0.15, 0.2) is 29.4 Å². The van der Waals surface area contributed by atoms with Crippen molar-refractivity contribution in [2.45, 2.75) is 37.6 Å². The highest BCUT2D eigenvalue weighted by Gasteiger charge is 2.49. The SMILES string of the molecule is CC1(C)C(N)=N[C@](C)(c2cc(NC(=O)c3nn(C(F)F)cc3Cl)ccc2F)CS1(O)O. The molecule has 0 bridgehead atoms. The van der Waals surface area contributed by atoms with Gasteiger partial charge in [0.15, 0.2) is 5.69 Å². The van der Waals surface area contributed by atoms with E-state index in [9.17, 15) is 27.1 Å². The Labute approximate surface area is 182 Å². The highest BCUT2D eigenvalue weighted by molar-refractivity contribution is 8.26. The first-order valence-electron chi connectivity index (χ1n) is 8.93. The Hall–Kier alpha value is -2.28. The number of nitrogens with two attached hydrogens (primary N) is 1. The lowest BCUT2D eigenvalue weighted by Crippen LogP contribution is -2.52. The first-order chi connectivity index (χ1) is 14.2. The van der Waals surface area contributed by atoms with Gasteiger partial charge in [0.25, 0.3) is 5.91 Å². The number of amides is 1. The number of hydrogen-bond acceptors (Lipinski definition) is 6. The Morgan fingerprint density at radius 3 is 2.55 bits per heavy atom. The van der Waals surface area contributed by atoms with Crippen LogP contribution in [0.25, 0.3) is 0 Å². The summed E-state index contributed by atoms with van der Waals surface area (Å²) in [6.07, 6.45) is 0.810. The minimum absolute atomic E-state index is 0.0343. The van der Waals surface area contributed by atoms with Crippen LogP contribution in [-0.2, 0) is 5.54 Å². The van der Waals surface area contributed by atoms with E-state index in [-0.39, 0.29) is 32.5 Å². The van der Waals surface area contributed by atoms with Gasteiger partial charge in [0.1, 0.15) is 21.9 Å². The summed E-state index contributed by atoms with van der Waals surface area (Å²) in [5, 5.41) is 5.57. The number of carbonyl (C=O) groups is 1. The molecule has 2 aromatic rings. The fourth-order valence-electron chi connectivity index (χ4n) is 3.14. The van der Waals surface area contributed by atoms with Crippen molar-refractivity contribution in [3.63, 3.8) is 0 Å². The summed E-state index contributed by atoms with van der Waals surface area (Å²) in [4.78, 5) is 16.8. The average Bonchev–Trinajstić information content (AvgIpc) is 3.03. The molecule has 1 amide bonds. The zero-order valence-electron chi connectivity index (χ0n) is 16.7. The molecule has 0 spiro atoms. The number of amidine groups is 1. The van der Waals surface area contributed by atoms with Crippen molar-refractivity contribution in [1.82, 2.24) is 9.78 Å². The van der Waals surface area contributed by atoms with Crippen molar-refractivity contribution >= 4 is 39.6 Å². The Morgan fingerprint density at radius 2 is 2.00 bits per heavy atom. The second-order valence-electron chi connectivity index (χ2n) is 7.82. The molecule has 0 unspecified atom stereocenters. The van der Waals surface area contributed by atoms with Crippen molar-refractivity contribution in [3.05, 3.63) is 46.5 Å². The van der Waals surface area contributed by atoms with E-state index in [4.69, 9.17) is 17.3 Å². The maximum Gasteiger partial charge on any atom is 0.333 e. The van der Waals surface area contributed by atoms with Crippen LogP contribution >= 0.6 is 22.2 Å².